The minimum absolute atomic E-state index is 0.424. The van der Waals surface area contributed by atoms with Gasteiger partial charge in [-0.2, -0.15) is 12.6 Å². The van der Waals surface area contributed by atoms with Gasteiger partial charge in [0, 0.05) is 0 Å². The van der Waals surface area contributed by atoms with Crippen LogP contribution in [0, 0.1) is 0 Å². The Bertz CT molecular complexity index is 169. The fourth-order valence-electron chi connectivity index (χ4n) is 3.38. The first-order valence-corrected chi connectivity index (χ1v) is 16.4. The molecule has 0 aromatic carbocycles. The molecule has 0 rings (SSSR count). The molecule has 0 aromatic heterocycles. The smallest absolute Gasteiger partial charge is 0.0557 e. The van der Waals surface area contributed by atoms with E-state index in [1.807, 2.05) is 0 Å². The van der Waals surface area contributed by atoms with E-state index in [4.69, 9.17) is 12.6 Å². The van der Waals surface area contributed by atoms with E-state index >= 15 is 0 Å². The molecule has 0 aliphatic heterocycles. The van der Waals surface area contributed by atoms with Crippen molar-refractivity contribution < 1.29 is 0 Å². The molecule has 0 heterocycles. The lowest BCUT2D eigenvalue weighted by molar-refractivity contribution is 1.29. The Hall–Kier alpha value is 1.00. The summed E-state index contributed by atoms with van der Waals surface area (Å²) in [6, 6.07) is 0. The van der Waals surface area contributed by atoms with Gasteiger partial charge in [-0.3, -0.25) is 0 Å². The summed E-state index contributed by atoms with van der Waals surface area (Å²) >= 11 is 5.25. The van der Waals surface area contributed by atoms with Gasteiger partial charge in [-0.25, -0.2) is 0 Å². The van der Waals surface area contributed by atoms with Crippen molar-refractivity contribution in [1.29, 1.82) is 0 Å². The molecule has 0 unspecified atom stereocenters. The van der Waals surface area contributed by atoms with Crippen LogP contribution in [0.15, 0.2) is 0 Å². The van der Waals surface area contributed by atoms with Crippen LogP contribution in [0.25, 0.3) is 0 Å². The van der Waals surface area contributed by atoms with Gasteiger partial charge in [0.05, 0.1) is 24.2 Å². The van der Waals surface area contributed by atoms with E-state index in [1.54, 1.807) is 0 Å². The summed E-state index contributed by atoms with van der Waals surface area (Å²) in [4.78, 5) is 0. The maximum absolute atomic E-state index is 5.25. The van der Waals surface area contributed by atoms with Crippen molar-refractivity contribution in [2.75, 3.05) is 0 Å². The molecule has 0 radical (unpaired) electrons. The molecular formula is C10H28SSi3. The standard InChI is InChI=1S/C10H28SSi3/c1-12(2,3)10(11,13(4,5)6)14(7,8)9/h11H,1-9H3. The van der Waals surface area contributed by atoms with Crippen LogP contribution < -0.4 is 0 Å². The van der Waals surface area contributed by atoms with Crippen LogP contribution in [0.2, 0.25) is 58.9 Å². The molecule has 0 fully saturated rings. The average molecular weight is 265 g/mol. The second-order valence-electron chi connectivity index (χ2n) is 7.46. The van der Waals surface area contributed by atoms with Gasteiger partial charge in [0.25, 0.3) is 0 Å². The van der Waals surface area contributed by atoms with E-state index in [9.17, 15) is 0 Å². The zero-order chi connectivity index (χ0) is 12.0. The first-order chi connectivity index (χ1) is 5.75. The quantitative estimate of drug-likeness (QED) is 0.571. The Labute approximate surface area is 99.3 Å². The van der Waals surface area contributed by atoms with Gasteiger partial charge in [0.2, 0.25) is 0 Å². The van der Waals surface area contributed by atoms with Gasteiger partial charge in [-0.1, -0.05) is 58.9 Å². The van der Waals surface area contributed by atoms with Crippen LogP contribution in [0.4, 0.5) is 0 Å². The van der Waals surface area contributed by atoms with E-state index in [0.717, 1.165) is 0 Å². The van der Waals surface area contributed by atoms with Gasteiger partial charge >= 0.3 is 0 Å². The number of rotatable bonds is 3. The molecule has 0 saturated carbocycles. The highest BCUT2D eigenvalue weighted by Gasteiger charge is 2.57. The van der Waals surface area contributed by atoms with Crippen molar-refractivity contribution in [3.05, 3.63) is 0 Å². The summed E-state index contributed by atoms with van der Waals surface area (Å²) in [6.07, 6.45) is 0. The fraction of sp³-hybridized carbons (Fsp3) is 1.00. The van der Waals surface area contributed by atoms with Gasteiger partial charge in [-0.05, 0) is 3.62 Å². The summed E-state index contributed by atoms with van der Waals surface area (Å²) < 4.78 is 0.424. The molecule has 0 nitrogen and oxygen atoms in total. The molecule has 0 N–H and O–H groups in total. The van der Waals surface area contributed by atoms with Gasteiger partial charge in [-0.15, -0.1) is 0 Å². The summed E-state index contributed by atoms with van der Waals surface area (Å²) in [5.41, 5.74) is 0. The number of hydrogen-bond donors (Lipinski definition) is 1. The predicted octanol–water partition coefficient (Wildman–Crippen LogP) is 4.29. The van der Waals surface area contributed by atoms with Crippen LogP contribution in [0.1, 0.15) is 0 Å². The van der Waals surface area contributed by atoms with Crippen molar-refractivity contribution in [1.82, 2.24) is 0 Å². The van der Waals surface area contributed by atoms with Crippen molar-refractivity contribution >= 4 is 36.9 Å². The largest absolute Gasteiger partial charge is 0.182 e. The first kappa shape index (κ1) is 15.0. The molecule has 0 saturated heterocycles. The molecule has 0 aliphatic rings. The first-order valence-electron chi connectivity index (χ1n) is 5.47. The van der Waals surface area contributed by atoms with E-state index in [-0.39, 0.29) is 0 Å². The van der Waals surface area contributed by atoms with E-state index in [1.165, 1.54) is 0 Å². The molecule has 0 aliphatic carbocycles. The Morgan fingerprint density at radius 2 is 0.714 bits per heavy atom. The molecule has 4 heteroatoms. The van der Waals surface area contributed by atoms with Gasteiger partial charge in [0.1, 0.15) is 0 Å². The van der Waals surface area contributed by atoms with Gasteiger partial charge in [0.15, 0.2) is 0 Å². The van der Waals surface area contributed by atoms with E-state index in [2.05, 4.69) is 58.9 Å². The number of thiol groups is 1. The van der Waals surface area contributed by atoms with Crippen LogP contribution in [0.3, 0.4) is 0 Å². The minimum Gasteiger partial charge on any atom is -0.182 e. The molecule has 0 amide bonds. The van der Waals surface area contributed by atoms with Crippen molar-refractivity contribution in [2.45, 2.75) is 62.5 Å². The molecule has 0 bridgehead atoms. The van der Waals surface area contributed by atoms with Crippen molar-refractivity contribution in [2.24, 2.45) is 0 Å². The minimum atomic E-state index is -1.19. The van der Waals surface area contributed by atoms with E-state index < -0.39 is 24.2 Å². The monoisotopic (exact) mass is 264 g/mol. The Kier molecular flexibility index (Phi) is 4.06. The second-order valence-corrected chi connectivity index (χ2v) is 26.6. The molecule has 0 aromatic rings. The van der Waals surface area contributed by atoms with Gasteiger partial charge < -0.3 is 0 Å². The topological polar surface area (TPSA) is 0 Å². The highest BCUT2D eigenvalue weighted by atomic mass is 32.1. The molecule has 0 atom stereocenters. The maximum atomic E-state index is 5.25. The maximum Gasteiger partial charge on any atom is 0.0557 e. The molecule has 0 spiro atoms. The summed E-state index contributed by atoms with van der Waals surface area (Å²) in [6.45, 7) is 22.5. The lowest BCUT2D eigenvalue weighted by Gasteiger charge is -2.55. The lowest BCUT2D eigenvalue weighted by atomic mass is 11.6. The number of hydrogen-bond acceptors (Lipinski definition) is 1. The SMILES string of the molecule is C[Si](C)(C)C(S)([Si](C)(C)C)[Si](C)(C)C. The summed E-state index contributed by atoms with van der Waals surface area (Å²) in [7, 11) is -3.58. The molecular weight excluding hydrogens is 236 g/mol. The van der Waals surface area contributed by atoms with Crippen molar-refractivity contribution in [3.63, 3.8) is 0 Å². The third-order valence-electron chi connectivity index (χ3n) is 3.26. The van der Waals surface area contributed by atoms with E-state index in [0.29, 0.717) is 3.62 Å². The third kappa shape index (κ3) is 2.39. The second kappa shape index (κ2) is 3.79. The highest BCUT2D eigenvalue weighted by molar-refractivity contribution is 7.90. The molecule has 14 heavy (non-hydrogen) atoms. The third-order valence-corrected chi connectivity index (χ3v) is 29.3. The Morgan fingerprint density at radius 1 is 0.571 bits per heavy atom. The fourth-order valence-corrected chi connectivity index (χ4v) is 30.4. The lowest BCUT2D eigenvalue weighted by Crippen LogP contribution is -2.74. The Morgan fingerprint density at radius 3 is 0.714 bits per heavy atom. The zero-order valence-corrected chi connectivity index (χ0v) is 15.3. The summed E-state index contributed by atoms with van der Waals surface area (Å²) in [5.74, 6) is 0. The predicted molar refractivity (Wildman–Crippen MR) is 81.8 cm³/mol. The molecule has 86 valence electrons. The zero-order valence-electron chi connectivity index (χ0n) is 11.4. The summed E-state index contributed by atoms with van der Waals surface area (Å²) in [5, 5.41) is 0. The van der Waals surface area contributed by atoms with Crippen LogP contribution in [-0.4, -0.2) is 27.8 Å². The highest BCUT2D eigenvalue weighted by Crippen LogP contribution is 2.43. The van der Waals surface area contributed by atoms with Crippen molar-refractivity contribution in [3.8, 4) is 0 Å². The average Bonchev–Trinajstić information content (AvgIpc) is 1.77. The normalized spacial score (nSPS) is 15.9. The van der Waals surface area contributed by atoms with Crippen LogP contribution in [-0.2, 0) is 0 Å². The van der Waals surface area contributed by atoms with Crippen LogP contribution in [0.5, 0.6) is 0 Å². The van der Waals surface area contributed by atoms with Crippen LogP contribution >= 0.6 is 12.6 Å². The Balaban J connectivity index is 5.54.